The average Bonchev–Trinajstić information content (AvgIpc) is 3.07. The van der Waals surface area contributed by atoms with Gasteiger partial charge in [-0.2, -0.15) is 0 Å². The molecule has 0 N–H and O–H groups in total. The third-order valence-electron chi connectivity index (χ3n) is 6.98. The predicted octanol–water partition coefficient (Wildman–Crippen LogP) is 7.33. The second-order valence-electron chi connectivity index (χ2n) is 10.3. The van der Waals surface area contributed by atoms with Crippen LogP contribution in [0.4, 0.5) is 0 Å². The third kappa shape index (κ3) is 10.7. The van der Waals surface area contributed by atoms with E-state index in [1.807, 2.05) is 36.4 Å². The first-order valence-corrected chi connectivity index (χ1v) is 15.3. The van der Waals surface area contributed by atoms with Gasteiger partial charge in [0.1, 0.15) is 0 Å². The number of hydrogen-bond acceptors (Lipinski definition) is 8. The summed E-state index contributed by atoms with van der Waals surface area (Å²) in [6, 6.07) is 32.2. The van der Waals surface area contributed by atoms with E-state index in [9.17, 15) is 9.59 Å². The van der Waals surface area contributed by atoms with E-state index in [0.717, 1.165) is 11.1 Å². The molecule has 0 amide bonds. The number of methoxy groups -OCH3 is 2. The van der Waals surface area contributed by atoms with Crippen LogP contribution in [0.2, 0.25) is 10.0 Å². The Hall–Kier alpha value is -3.76. The van der Waals surface area contributed by atoms with Gasteiger partial charge in [-0.1, -0.05) is 108 Å². The molecule has 0 aliphatic heterocycles. The van der Waals surface area contributed by atoms with Crippen molar-refractivity contribution in [2.24, 2.45) is 0 Å². The molecule has 0 radical (unpaired) electrons. The molecular formula is C36H36Cl2O8. The van der Waals surface area contributed by atoms with E-state index in [-0.39, 0.29) is 26.4 Å². The standard InChI is InChI=1S/C36H36Cl2O8/c1-41-33(27-9-5-3-6-10-27)35(39)45-31(23-43-21-25-13-17-29(37)18-14-25)32(24-44-22-26-15-19-30(38)20-16-26)46-36(40)34(42-2)28-11-7-4-8-12-28/h3-20,31-34H,21-24H2,1-2H3/t31-,32-,33-,34-/m0/s1. The van der Waals surface area contributed by atoms with Crippen molar-refractivity contribution in [3.05, 3.63) is 141 Å². The smallest absolute Gasteiger partial charge is 0.340 e. The van der Waals surface area contributed by atoms with Gasteiger partial charge in [0.05, 0.1) is 26.4 Å². The molecule has 0 fully saturated rings. The monoisotopic (exact) mass is 666 g/mol. The number of carbonyl (C=O) groups is 2. The molecule has 4 atom stereocenters. The second-order valence-corrected chi connectivity index (χ2v) is 11.2. The van der Waals surface area contributed by atoms with Crippen LogP contribution in [-0.4, -0.2) is 51.6 Å². The summed E-state index contributed by atoms with van der Waals surface area (Å²) in [6.07, 6.45) is -4.21. The van der Waals surface area contributed by atoms with Crippen molar-refractivity contribution in [1.82, 2.24) is 0 Å². The van der Waals surface area contributed by atoms with Gasteiger partial charge in [0.15, 0.2) is 24.4 Å². The molecule has 0 spiro atoms. The highest BCUT2D eigenvalue weighted by molar-refractivity contribution is 6.30. The number of esters is 2. The van der Waals surface area contributed by atoms with Crippen molar-refractivity contribution in [3.8, 4) is 0 Å². The van der Waals surface area contributed by atoms with E-state index in [0.29, 0.717) is 21.2 Å². The summed E-state index contributed by atoms with van der Waals surface area (Å²) in [7, 11) is 2.83. The average molecular weight is 668 g/mol. The molecule has 10 heteroatoms. The zero-order chi connectivity index (χ0) is 32.7. The molecule has 242 valence electrons. The molecule has 8 nitrogen and oxygen atoms in total. The van der Waals surface area contributed by atoms with Crippen molar-refractivity contribution in [2.75, 3.05) is 27.4 Å². The first-order valence-electron chi connectivity index (χ1n) is 14.6. The summed E-state index contributed by atoms with van der Waals surface area (Å²) in [5.41, 5.74) is 2.91. The van der Waals surface area contributed by atoms with E-state index < -0.39 is 36.4 Å². The number of hydrogen-bond donors (Lipinski definition) is 0. The number of halogens is 2. The molecule has 0 saturated heterocycles. The maximum atomic E-state index is 13.5. The Balaban J connectivity index is 1.58. The fourth-order valence-corrected chi connectivity index (χ4v) is 4.85. The number of ether oxygens (including phenoxy) is 6. The zero-order valence-electron chi connectivity index (χ0n) is 25.6. The molecule has 0 aromatic heterocycles. The Morgan fingerprint density at radius 3 is 1.22 bits per heavy atom. The molecule has 0 saturated carbocycles. The molecule has 4 aromatic rings. The predicted molar refractivity (Wildman–Crippen MR) is 174 cm³/mol. The van der Waals surface area contributed by atoms with Crippen LogP contribution in [0.25, 0.3) is 0 Å². The summed E-state index contributed by atoms with van der Waals surface area (Å²) in [4.78, 5) is 27.1. The van der Waals surface area contributed by atoms with Crippen LogP contribution in [0.5, 0.6) is 0 Å². The summed E-state index contributed by atoms with van der Waals surface area (Å²) < 4.78 is 35.0. The maximum absolute atomic E-state index is 13.5. The lowest BCUT2D eigenvalue weighted by atomic mass is 10.1. The second kappa shape index (κ2) is 18.4. The van der Waals surface area contributed by atoms with Crippen molar-refractivity contribution in [1.29, 1.82) is 0 Å². The highest BCUT2D eigenvalue weighted by Gasteiger charge is 2.35. The van der Waals surface area contributed by atoms with Gasteiger partial charge in [0.2, 0.25) is 0 Å². The van der Waals surface area contributed by atoms with E-state index >= 15 is 0 Å². The molecule has 0 heterocycles. The number of carbonyl (C=O) groups excluding carboxylic acids is 2. The molecule has 0 aliphatic carbocycles. The van der Waals surface area contributed by atoms with Crippen molar-refractivity contribution >= 4 is 35.1 Å². The third-order valence-corrected chi connectivity index (χ3v) is 7.49. The molecule has 4 aromatic carbocycles. The van der Waals surface area contributed by atoms with Gasteiger partial charge < -0.3 is 28.4 Å². The van der Waals surface area contributed by atoms with Crippen LogP contribution in [0, 0.1) is 0 Å². The van der Waals surface area contributed by atoms with E-state index in [1.165, 1.54) is 14.2 Å². The molecule has 4 rings (SSSR count). The summed E-state index contributed by atoms with van der Waals surface area (Å²) >= 11 is 12.1. The van der Waals surface area contributed by atoms with E-state index in [1.54, 1.807) is 72.8 Å². The lowest BCUT2D eigenvalue weighted by molar-refractivity contribution is -0.190. The minimum atomic E-state index is -1.08. The molecule has 0 bridgehead atoms. The zero-order valence-corrected chi connectivity index (χ0v) is 27.1. The summed E-state index contributed by atoms with van der Waals surface area (Å²) in [5, 5.41) is 1.19. The van der Waals surface area contributed by atoms with Crippen LogP contribution in [0.1, 0.15) is 34.5 Å². The summed E-state index contributed by atoms with van der Waals surface area (Å²) in [5.74, 6) is -1.36. The Morgan fingerprint density at radius 1 is 0.543 bits per heavy atom. The van der Waals surface area contributed by atoms with Crippen molar-refractivity contribution in [3.63, 3.8) is 0 Å². The number of benzene rings is 4. The normalized spacial score (nSPS) is 13.7. The SMILES string of the molecule is CO[C@H](C(=O)O[C@@H](COCc1ccc(Cl)cc1)[C@H](COCc1ccc(Cl)cc1)OC(=O)[C@@H](OC)c1ccccc1)c1ccccc1. The largest absolute Gasteiger partial charge is 0.454 e. The van der Waals surface area contributed by atoms with Crippen LogP contribution in [0.15, 0.2) is 109 Å². The Morgan fingerprint density at radius 2 is 0.891 bits per heavy atom. The van der Waals surface area contributed by atoms with Crippen molar-refractivity contribution in [2.45, 2.75) is 37.6 Å². The first kappa shape index (κ1) is 35.1. The van der Waals surface area contributed by atoms with Gasteiger partial charge in [-0.3, -0.25) is 0 Å². The quantitative estimate of drug-likeness (QED) is 0.108. The minimum Gasteiger partial charge on any atom is -0.454 e. The topological polar surface area (TPSA) is 89.5 Å². The molecule has 0 aliphatic rings. The van der Waals surface area contributed by atoms with E-state index in [4.69, 9.17) is 51.6 Å². The Labute approximate surface area is 279 Å². The molecular weight excluding hydrogens is 631 g/mol. The summed E-state index contributed by atoms with van der Waals surface area (Å²) in [6.45, 7) is 0.138. The fourth-order valence-electron chi connectivity index (χ4n) is 4.60. The minimum absolute atomic E-state index is 0.120. The van der Waals surface area contributed by atoms with Gasteiger partial charge in [-0.25, -0.2) is 9.59 Å². The van der Waals surface area contributed by atoms with Gasteiger partial charge >= 0.3 is 11.9 Å². The van der Waals surface area contributed by atoms with Gasteiger partial charge in [0, 0.05) is 24.3 Å². The highest BCUT2D eigenvalue weighted by Crippen LogP contribution is 2.24. The first-order chi connectivity index (χ1) is 22.4. The Bertz CT molecular complexity index is 1370. The van der Waals surface area contributed by atoms with Gasteiger partial charge in [-0.05, 0) is 46.5 Å². The fraction of sp³-hybridized carbons (Fsp3) is 0.278. The van der Waals surface area contributed by atoms with Gasteiger partial charge in [-0.15, -0.1) is 0 Å². The lowest BCUT2D eigenvalue weighted by Gasteiger charge is -2.29. The maximum Gasteiger partial charge on any atom is 0.340 e. The molecule has 0 unspecified atom stereocenters. The Kier molecular flexibility index (Phi) is 14.0. The van der Waals surface area contributed by atoms with Gasteiger partial charge in [0.25, 0.3) is 0 Å². The van der Waals surface area contributed by atoms with E-state index in [2.05, 4.69) is 0 Å². The van der Waals surface area contributed by atoms with Crippen molar-refractivity contribution < 1.29 is 38.0 Å². The lowest BCUT2D eigenvalue weighted by Crippen LogP contribution is -2.43. The highest BCUT2D eigenvalue weighted by atomic mass is 35.5. The van der Waals surface area contributed by atoms with Crippen LogP contribution in [-0.2, 0) is 51.2 Å². The van der Waals surface area contributed by atoms with Crippen LogP contribution < -0.4 is 0 Å². The van der Waals surface area contributed by atoms with Crippen LogP contribution in [0.3, 0.4) is 0 Å². The molecule has 46 heavy (non-hydrogen) atoms. The number of rotatable bonds is 17. The van der Waals surface area contributed by atoms with Crippen LogP contribution >= 0.6 is 23.2 Å².